The lowest BCUT2D eigenvalue weighted by atomic mass is 10.2. The Morgan fingerprint density at radius 1 is 1.19 bits per heavy atom. The van der Waals surface area contributed by atoms with E-state index >= 15 is 0 Å². The Balaban J connectivity index is 0.00000364. The summed E-state index contributed by atoms with van der Waals surface area (Å²) in [5.41, 5.74) is 2.59. The van der Waals surface area contributed by atoms with Gasteiger partial charge in [-0.2, -0.15) is 0 Å². The molecule has 152 valence electrons. The third kappa shape index (κ3) is 7.56. The topological polar surface area (TPSA) is 60.0 Å². The number of piperazine rings is 1. The molecule has 0 bridgehead atoms. The molecule has 0 saturated carbocycles. The lowest BCUT2D eigenvalue weighted by molar-refractivity contribution is -0.123. The van der Waals surface area contributed by atoms with Crippen LogP contribution in [0.3, 0.4) is 0 Å². The van der Waals surface area contributed by atoms with E-state index in [0.29, 0.717) is 13.1 Å². The third-order valence-corrected chi connectivity index (χ3v) is 4.48. The van der Waals surface area contributed by atoms with E-state index < -0.39 is 0 Å². The number of halogens is 1. The number of aliphatic imine (C=N–C) groups is 1. The largest absolute Gasteiger partial charge is 0.368 e. The Hall–Kier alpha value is -1.51. The third-order valence-electron chi connectivity index (χ3n) is 4.48. The Labute approximate surface area is 180 Å². The summed E-state index contributed by atoms with van der Waals surface area (Å²) in [7, 11) is 0. The molecule has 1 amide bonds. The summed E-state index contributed by atoms with van der Waals surface area (Å²) in [6, 6.07) is 8.67. The van der Waals surface area contributed by atoms with Crippen LogP contribution in [0.2, 0.25) is 0 Å². The smallest absolute Gasteiger partial charge is 0.222 e. The van der Waals surface area contributed by atoms with Crippen LogP contribution in [0.25, 0.3) is 0 Å². The Morgan fingerprint density at radius 3 is 2.48 bits per heavy atom. The van der Waals surface area contributed by atoms with Crippen molar-refractivity contribution in [1.29, 1.82) is 0 Å². The van der Waals surface area contributed by atoms with Crippen molar-refractivity contribution in [2.75, 3.05) is 50.7 Å². The molecule has 0 aliphatic carbocycles. The second-order valence-corrected chi connectivity index (χ2v) is 6.99. The summed E-state index contributed by atoms with van der Waals surface area (Å²) in [6.07, 6.45) is 0. The van der Waals surface area contributed by atoms with E-state index in [1.165, 1.54) is 11.3 Å². The minimum absolute atomic E-state index is 0. The molecule has 1 fully saturated rings. The van der Waals surface area contributed by atoms with Gasteiger partial charge in [-0.05, 0) is 31.5 Å². The Bertz CT molecular complexity index is 612. The summed E-state index contributed by atoms with van der Waals surface area (Å²) in [5, 5.41) is 6.29. The zero-order chi connectivity index (χ0) is 18.9. The molecule has 0 radical (unpaired) electrons. The van der Waals surface area contributed by atoms with Gasteiger partial charge in [-0.15, -0.1) is 24.0 Å². The summed E-state index contributed by atoms with van der Waals surface area (Å²) >= 11 is 0. The molecule has 0 unspecified atom stereocenters. The fourth-order valence-corrected chi connectivity index (χ4v) is 2.97. The van der Waals surface area contributed by atoms with Crippen LogP contribution < -0.4 is 15.5 Å². The molecule has 6 nitrogen and oxygen atoms in total. The van der Waals surface area contributed by atoms with Crippen LogP contribution in [0, 0.1) is 12.8 Å². The number of rotatable bonds is 6. The maximum Gasteiger partial charge on any atom is 0.222 e. The van der Waals surface area contributed by atoms with Crippen LogP contribution in [0.5, 0.6) is 0 Å². The van der Waals surface area contributed by atoms with Crippen molar-refractivity contribution >= 4 is 41.5 Å². The van der Waals surface area contributed by atoms with E-state index in [1.54, 1.807) is 0 Å². The number of guanidine groups is 1. The van der Waals surface area contributed by atoms with Crippen molar-refractivity contribution < 1.29 is 4.79 Å². The number of benzene rings is 1. The summed E-state index contributed by atoms with van der Waals surface area (Å²) in [4.78, 5) is 21.0. The number of hydrogen-bond donors (Lipinski definition) is 2. The van der Waals surface area contributed by atoms with Gasteiger partial charge < -0.3 is 20.4 Å². The number of hydrogen-bond acceptors (Lipinski definition) is 3. The highest BCUT2D eigenvalue weighted by molar-refractivity contribution is 14.0. The average molecular weight is 487 g/mol. The lowest BCUT2D eigenvalue weighted by Gasteiger charge is -2.37. The molecule has 1 heterocycles. The second-order valence-electron chi connectivity index (χ2n) is 6.99. The first-order valence-corrected chi connectivity index (χ1v) is 9.64. The van der Waals surface area contributed by atoms with Crippen LogP contribution in [0.1, 0.15) is 26.3 Å². The molecule has 27 heavy (non-hydrogen) atoms. The molecule has 0 aromatic heterocycles. The van der Waals surface area contributed by atoms with Gasteiger partial charge in [-0.25, -0.2) is 0 Å². The monoisotopic (exact) mass is 487 g/mol. The summed E-state index contributed by atoms with van der Waals surface area (Å²) in [5.74, 6) is 1.04. The Morgan fingerprint density at radius 2 is 1.89 bits per heavy atom. The van der Waals surface area contributed by atoms with Gasteiger partial charge in [-0.3, -0.25) is 9.79 Å². The number of aryl methyl sites for hydroxylation is 1. The van der Waals surface area contributed by atoms with Crippen molar-refractivity contribution in [3.05, 3.63) is 29.8 Å². The van der Waals surface area contributed by atoms with Crippen molar-refractivity contribution in [1.82, 2.24) is 15.5 Å². The van der Waals surface area contributed by atoms with Crippen molar-refractivity contribution in [2.45, 2.75) is 27.7 Å². The number of carbonyl (C=O) groups is 1. The molecule has 2 rings (SSSR count). The van der Waals surface area contributed by atoms with E-state index in [0.717, 1.165) is 38.7 Å². The highest BCUT2D eigenvalue weighted by Crippen LogP contribution is 2.17. The van der Waals surface area contributed by atoms with Crippen LogP contribution in [-0.4, -0.2) is 62.6 Å². The number of carbonyl (C=O) groups excluding carboxylic acids is 1. The SMILES string of the molecule is CCNC(=NCCNC(=O)C(C)C)N1CCN(c2cccc(C)c2)CC1.I. The first kappa shape index (κ1) is 23.5. The zero-order valence-corrected chi connectivity index (χ0v) is 19.3. The molecule has 1 aromatic rings. The van der Waals surface area contributed by atoms with Gasteiger partial charge in [-0.1, -0.05) is 26.0 Å². The number of amides is 1. The molecule has 7 heteroatoms. The fraction of sp³-hybridized carbons (Fsp3) is 0.600. The molecule has 0 atom stereocenters. The minimum Gasteiger partial charge on any atom is -0.368 e. The van der Waals surface area contributed by atoms with Crippen molar-refractivity contribution in [3.63, 3.8) is 0 Å². The van der Waals surface area contributed by atoms with Gasteiger partial charge in [0, 0.05) is 50.9 Å². The number of anilines is 1. The summed E-state index contributed by atoms with van der Waals surface area (Å²) < 4.78 is 0. The lowest BCUT2D eigenvalue weighted by Crippen LogP contribution is -2.52. The molecular weight excluding hydrogens is 453 g/mol. The summed E-state index contributed by atoms with van der Waals surface area (Å²) in [6.45, 7) is 13.9. The Kier molecular flexibility index (Phi) is 10.5. The molecule has 1 aromatic carbocycles. The first-order valence-electron chi connectivity index (χ1n) is 9.64. The van der Waals surface area contributed by atoms with Crippen molar-refractivity contribution in [2.24, 2.45) is 10.9 Å². The predicted molar refractivity (Wildman–Crippen MR) is 124 cm³/mol. The van der Waals surface area contributed by atoms with Gasteiger partial charge in [0.15, 0.2) is 5.96 Å². The molecule has 1 aliphatic heterocycles. The zero-order valence-electron chi connectivity index (χ0n) is 17.0. The maximum atomic E-state index is 11.6. The molecule has 2 N–H and O–H groups in total. The van der Waals surface area contributed by atoms with Crippen molar-refractivity contribution in [3.8, 4) is 0 Å². The average Bonchev–Trinajstić information content (AvgIpc) is 2.64. The van der Waals surface area contributed by atoms with Crippen LogP contribution >= 0.6 is 24.0 Å². The first-order chi connectivity index (χ1) is 12.5. The molecule has 0 spiro atoms. The number of nitrogens with one attached hydrogen (secondary N) is 2. The van der Waals surface area contributed by atoms with E-state index in [-0.39, 0.29) is 35.8 Å². The van der Waals surface area contributed by atoms with E-state index in [4.69, 9.17) is 0 Å². The van der Waals surface area contributed by atoms with Gasteiger partial charge in [0.05, 0.1) is 6.54 Å². The predicted octanol–water partition coefficient (Wildman–Crippen LogP) is 2.47. The second kappa shape index (κ2) is 12.0. The number of nitrogens with zero attached hydrogens (tertiary/aromatic N) is 3. The minimum atomic E-state index is 0. The van der Waals surface area contributed by atoms with Crippen LogP contribution in [-0.2, 0) is 4.79 Å². The highest BCUT2D eigenvalue weighted by Gasteiger charge is 2.19. The van der Waals surface area contributed by atoms with Gasteiger partial charge in [0.1, 0.15) is 0 Å². The molecule has 1 aliphatic rings. The molecule has 1 saturated heterocycles. The van der Waals surface area contributed by atoms with Crippen LogP contribution in [0.15, 0.2) is 29.3 Å². The standard InChI is InChI=1S/C20H33N5O.HI/c1-5-21-20(23-10-9-22-19(26)16(2)3)25-13-11-24(12-14-25)18-8-6-7-17(4)15-18;/h6-8,15-16H,5,9-14H2,1-4H3,(H,21,23)(H,22,26);1H. The van der Waals surface area contributed by atoms with Crippen LogP contribution in [0.4, 0.5) is 5.69 Å². The normalized spacial score (nSPS) is 14.8. The quantitative estimate of drug-likeness (QED) is 0.280. The van der Waals surface area contributed by atoms with E-state index in [1.807, 2.05) is 13.8 Å². The van der Waals surface area contributed by atoms with Gasteiger partial charge in [0.25, 0.3) is 0 Å². The fourth-order valence-electron chi connectivity index (χ4n) is 2.97. The van der Waals surface area contributed by atoms with E-state index in [2.05, 4.69) is 63.5 Å². The van der Waals surface area contributed by atoms with Gasteiger partial charge in [0.2, 0.25) is 5.91 Å². The van der Waals surface area contributed by atoms with E-state index in [9.17, 15) is 4.79 Å². The maximum absolute atomic E-state index is 11.6. The van der Waals surface area contributed by atoms with Gasteiger partial charge >= 0.3 is 0 Å². The highest BCUT2D eigenvalue weighted by atomic mass is 127. The molecular formula is C20H34IN5O.